The van der Waals surface area contributed by atoms with Gasteiger partial charge in [-0.2, -0.15) is 0 Å². The first kappa shape index (κ1) is 13.8. The summed E-state index contributed by atoms with van der Waals surface area (Å²) in [4.78, 5) is 11.3. The predicted molar refractivity (Wildman–Crippen MR) is 70.7 cm³/mol. The van der Waals surface area contributed by atoms with E-state index in [0.29, 0.717) is 13.0 Å². The van der Waals surface area contributed by atoms with Crippen LogP contribution in [0.5, 0.6) is 0 Å². The highest BCUT2D eigenvalue weighted by Crippen LogP contribution is 2.05. The zero-order valence-corrected chi connectivity index (χ0v) is 10.4. The fraction of sp³-hybridized carbons (Fsp3) is 0.533. The van der Waals surface area contributed by atoms with Crippen LogP contribution in [0.25, 0.3) is 0 Å². The molecule has 1 aliphatic heterocycles. The Morgan fingerprint density at radius 1 is 0.824 bits per heavy atom. The summed E-state index contributed by atoms with van der Waals surface area (Å²) in [5.41, 5.74) is 0. The Morgan fingerprint density at radius 3 is 2.35 bits per heavy atom. The molecule has 0 aromatic carbocycles. The van der Waals surface area contributed by atoms with E-state index in [1.54, 1.807) is 0 Å². The average Bonchev–Trinajstić information content (AvgIpc) is 2.32. The van der Waals surface area contributed by atoms with Crippen LogP contribution < -0.4 is 0 Å². The minimum atomic E-state index is -0.0761. The van der Waals surface area contributed by atoms with Crippen LogP contribution in [-0.4, -0.2) is 12.6 Å². The van der Waals surface area contributed by atoms with E-state index in [2.05, 4.69) is 24.3 Å². The smallest absolute Gasteiger partial charge is 0.306 e. The van der Waals surface area contributed by atoms with Gasteiger partial charge in [0.1, 0.15) is 6.61 Å². The second kappa shape index (κ2) is 9.88. The van der Waals surface area contributed by atoms with Crippen LogP contribution in [0.15, 0.2) is 36.5 Å². The van der Waals surface area contributed by atoms with Gasteiger partial charge in [0.15, 0.2) is 0 Å². The van der Waals surface area contributed by atoms with Gasteiger partial charge in [-0.15, -0.1) is 0 Å². The molecule has 0 fully saturated rings. The summed E-state index contributed by atoms with van der Waals surface area (Å²) in [6.45, 7) is 0.409. The van der Waals surface area contributed by atoms with E-state index < -0.39 is 0 Å². The molecule has 0 atom stereocenters. The maximum Gasteiger partial charge on any atom is 0.306 e. The van der Waals surface area contributed by atoms with Crippen molar-refractivity contribution in [2.24, 2.45) is 0 Å². The molecule has 2 heteroatoms. The van der Waals surface area contributed by atoms with Gasteiger partial charge >= 0.3 is 5.97 Å². The summed E-state index contributed by atoms with van der Waals surface area (Å²) >= 11 is 0. The molecule has 0 spiro atoms. The third kappa shape index (κ3) is 8.49. The average molecular weight is 234 g/mol. The highest BCUT2D eigenvalue weighted by atomic mass is 16.5. The molecular weight excluding hydrogens is 212 g/mol. The SMILES string of the molecule is O=C1CCCCC/C=C\C/C=C/C/C=C/CO1. The van der Waals surface area contributed by atoms with E-state index in [-0.39, 0.29) is 5.97 Å². The third-order valence-corrected chi connectivity index (χ3v) is 2.64. The van der Waals surface area contributed by atoms with Gasteiger partial charge in [0.2, 0.25) is 0 Å². The van der Waals surface area contributed by atoms with Gasteiger partial charge < -0.3 is 4.74 Å². The Morgan fingerprint density at radius 2 is 1.53 bits per heavy atom. The van der Waals surface area contributed by atoms with Crippen molar-refractivity contribution in [3.05, 3.63) is 36.5 Å². The Balaban J connectivity index is 2.33. The standard InChI is InChI=1S/C15H22O2/c16-15-13-11-9-7-5-3-1-2-4-6-8-10-12-14-17-15/h1,3-4,6,10,12H,2,5,7-9,11,13-14H2/b3-1-,6-4+,12-10+. The van der Waals surface area contributed by atoms with Crippen LogP contribution in [0.4, 0.5) is 0 Å². The molecule has 0 bridgehead atoms. The first-order valence-corrected chi connectivity index (χ1v) is 6.50. The van der Waals surface area contributed by atoms with Gasteiger partial charge in [-0.1, -0.05) is 42.9 Å². The molecule has 0 saturated carbocycles. The highest BCUT2D eigenvalue weighted by molar-refractivity contribution is 5.69. The second-order valence-corrected chi connectivity index (χ2v) is 4.17. The summed E-state index contributed by atoms with van der Waals surface area (Å²) in [5.74, 6) is -0.0761. The Bertz CT molecular complexity index is 287. The van der Waals surface area contributed by atoms with Crippen LogP contribution >= 0.6 is 0 Å². The van der Waals surface area contributed by atoms with Crippen LogP contribution in [0.3, 0.4) is 0 Å². The van der Waals surface area contributed by atoms with E-state index in [4.69, 9.17) is 4.74 Å². The van der Waals surface area contributed by atoms with Gasteiger partial charge in [-0.25, -0.2) is 0 Å². The van der Waals surface area contributed by atoms with Crippen molar-refractivity contribution in [3.63, 3.8) is 0 Å². The molecule has 0 radical (unpaired) electrons. The van der Waals surface area contributed by atoms with E-state index >= 15 is 0 Å². The van der Waals surface area contributed by atoms with Gasteiger partial charge in [0.25, 0.3) is 0 Å². The number of carbonyl (C=O) groups excluding carboxylic acids is 1. The molecular formula is C15H22O2. The summed E-state index contributed by atoms with van der Waals surface area (Å²) in [7, 11) is 0. The summed E-state index contributed by atoms with van der Waals surface area (Å²) in [6, 6.07) is 0. The number of cyclic esters (lactones) is 1. The molecule has 0 amide bonds. The zero-order valence-electron chi connectivity index (χ0n) is 10.4. The zero-order chi connectivity index (χ0) is 12.2. The molecule has 0 unspecified atom stereocenters. The minimum Gasteiger partial charge on any atom is -0.461 e. The molecule has 0 aromatic rings. The van der Waals surface area contributed by atoms with Crippen molar-refractivity contribution in [2.75, 3.05) is 6.61 Å². The normalized spacial score (nSPS) is 25.8. The summed E-state index contributed by atoms with van der Waals surface area (Å²) < 4.78 is 5.08. The number of hydrogen-bond donors (Lipinski definition) is 0. The van der Waals surface area contributed by atoms with Crippen molar-refractivity contribution in [1.29, 1.82) is 0 Å². The maximum atomic E-state index is 11.3. The van der Waals surface area contributed by atoms with E-state index in [1.807, 2.05) is 12.2 Å². The van der Waals surface area contributed by atoms with Crippen molar-refractivity contribution in [1.82, 2.24) is 0 Å². The largest absolute Gasteiger partial charge is 0.461 e. The van der Waals surface area contributed by atoms with Crippen LogP contribution in [0.2, 0.25) is 0 Å². The fourth-order valence-electron chi connectivity index (χ4n) is 1.65. The van der Waals surface area contributed by atoms with Gasteiger partial charge in [-0.05, 0) is 32.1 Å². The van der Waals surface area contributed by atoms with E-state index in [1.165, 1.54) is 0 Å². The summed E-state index contributed by atoms with van der Waals surface area (Å²) in [5, 5.41) is 0. The first-order valence-electron chi connectivity index (χ1n) is 6.50. The molecule has 0 N–H and O–H groups in total. The molecule has 17 heavy (non-hydrogen) atoms. The first-order chi connectivity index (χ1) is 8.39. The number of rotatable bonds is 0. The predicted octanol–water partition coefficient (Wildman–Crippen LogP) is 3.94. The summed E-state index contributed by atoms with van der Waals surface area (Å²) in [6.07, 6.45) is 19.5. The molecule has 1 aliphatic rings. The van der Waals surface area contributed by atoms with E-state index in [0.717, 1.165) is 38.5 Å². The lowest BCUT2D eigenvalue weighted by atomic mass is 10.1. The van der Waals surface area contributed by atoms with Crippen molar-refractivity contribution in [2.45, 2.75) is 44.9 Å². The second-order valence-electron chi connectivity index (χ2n) is 4.17. The molecule has 1 rings (SSSR count). The van der Waals surface area contributed by atoms with Crippen LogP contribution in [-0.2, 0) is 9.53 Å². The van der Waals surface area contributed by atoms with Gasteiger partial charge in [0.05, 0.1) is 0 Å². The quantitative estimate of drug-likeness (QED) is 0.468. The Kier molecular flexibility index (Phi) is 8.00. The lowest BCUT2D eigenvalue weighted by molar-refractivity contribution is -0.142. The third-order valence-electron chi connectivity index (χ3n) is 2.64. The number of allylic oxidation sites excluding steroid dienone is 5. The molecule has 2 nitrogen and oxygen atoms in total. The van der Waals surface area contributed by atoms with Crippen molar-refractivity contribution in [3.8, 4) is 0 Å². The maximum absolute atomic E-state index is 11.3. The fourth-order valence-corrected chi connectivity index (χ4v) is 1.65. The molecule has 1 heterocycles. The van der Waals surface area contributed by atoms with E-state index in [9.17, 15) is 4.79 Å². The Hall–Kier alpha value is -1.31. The number of esters is 1. The van der Waals surface area contributed by atoms with Gasteiger partial charge in [-0.3, -0.25) is 4.79 Å². The molecule has 0 aromatic heterocycles. The topological polar surface area (TPSA) is 26.3 Å². The minimum absolute atomic E-state index is 0.0761. The van der Waals surface area contributed by atoms with Crippen molar-refractivity contribution < 1.29 is 9.53 Å². The lowest BCUT2D eigenvalue weighted by Gasteiger charge is -2.01. The molecule has 94 valence electrons. The number of carbonyl (C=O) groups is 1. The van der Waals surface area contributed by atoms with Crippen LogP contribution in [0.1, 0.15) is 44.9 Å². The highest BCUT2D eigenvalue weighted by Gasteiger charge is 2.00. The van der Waals surface area contributed by atoms with Gasteiger partial charge in [0, 0.05) is 6.42 Å². The Labute approximate surface area is 104 Å². The monoisotopic (exact) mass is 234 g/mol. The van der Waals surface area contributed by atoms with Crippen molar-refractivity contribution >= 4 is 5.97 Å². The molecule has 0 saturated heterocycles. The van der Waals surface area contributed by atoms with Crippen LogP contribution in [0, 0.1) is 0 Å². The lowest BCUT2D eigenvalue weighted by Crippen LogP contribution is -2.03. The molecule has 0 aliphatic carbocycles. The number of ether oxygens (including phenoxy) is 1. The number of hydrogen-bond acceptors (Lipinski definition) is 2.